The van der Waals surface area contributed by atoms with Gasteiger partial charge in [0.1, 0.15) is 25.6 Å². The largest absolute Gasteiger partial charge is 0.490 e. The number of hydrogen-bond acceptors (Lipinski definition) is 5. The van der Waals surface area contributed by atoms with E-state index in [-0.39, 0.29) is 19.0 Å². The van der Waals surface area contributed by atoms with Gasteiger partial charge < -0.3 is 14.2 Å². The van der Waals surface area contributed by atoms with E-state index in [9.17, 15) is 9.59 Å². The van der Waals surface area contributed by atoms with Crippen molar-refractivity contribution < 1.29 is 23.8 Å². The summed E-state index contributed by atoms with van der Waals surface area (Å²) in [5.74, 6) is -0.0214. The maximum atomic E-state index is 11.8. The summed E-state index contributed by atoms with van der Waals surface area (Å²) in [7, 11) is 0. The Bertz CT molecular complexity index is 450. The third-order valence-electron chi connectivity index (χ3n) is 2.30. The lowest BCUT2D eigenvalue weighted by Gasteiger charge is -2.05. The van der Waals surface area contributed by atoms with Crippen LogP contribution in [0.2, 0.25) is 0 Å². The van der Waals surface area contributed by atoms with Gasteiger partial charge in [0.25, 0.3) is 0 Å². The van der Waals surface area contributed by atoms with Crippen molar-refractivity contribution in [1.82, 2.24) is 0 Å². The second-order valence-corrected chi connectivity index (χ2v) is 3.85. The van der Waals surface area contributed by atoms with E-state index < -0.39 is 5.97 Å². The van der Waals surface area contributed by atoms with Crippen LogP contribution in [0, 0.1) is 0 Å². The van der Waals surface area contributed by atoms with Crippen molar-refractivity contribution in [1.29, 1.82) is 0 Å². The average molecular weight is 278 g/mol. The summed E-state index contributed by atoms with van der Waals surface area (Å²) in [6, 6.07) is 6.69. The number of benzene rings is 1. The van der Waals surface area contributed by atoms with Crippen LogP contribution in [0.4, 0.5) is 0 Å². The number of Topliss-reactive ketones (excluding diaryl/α,β-unsaturated/α-hetero) is 1. The van der Waals surface area contributed by atoms with E-state index in [0.717, 1.165) is 0 Å². The number of hydrogen-bond donors (Lipinski definition) is 0. The predicted octanol–water partition coefficient (Wildman–Crippen LogP) is 2.01. The number of rotatable bonds is 9. The molecule has 0 saturated heterocycles. The van der Waals surface area contributed by atoms with Crippen LogP contribution in [-0.4, -0.2) is 38.2 Å². The first-order chi connectivity index (χ1) is 9.67. The summed E-state index contributed by atoms with van der Waals surface area (Å²) in [6.45, 7) is 5.58. The average Bonchev–Trinajstić information content (AvgIpc) is 2.46. The van der Waals surface area contributed by atoms with Crippen LogP contribution in [0.5, 0.6) is 5.75 Å². The molecular formula is C15H18O5. The van der Waals surface area contributed by atoms with Gasteiger partial charge in [-0.1, -0.05) is 12.7 Å². The van der Waals surface area contributed by atoms with Gasteiger partial charge in [-0.05, 0) is 31.2 Å². The van der Waals surface area contributed by atoms with Gasteiger partial charge in [0, 0.05) is 5.56 Å². The summed E-state index contributed by atoms with van der Waals surface area (Å²) in [5, 5.41) is 0. The van der Waals surface area contributed by atoms with E-state index in [2.05, 4.69) is 11.3 Å². The van der Waals surface area contributed by atoms with Crippen LogP contribution >= 0.6 is 0 Å². The quantitative estimate of drug-likeness (QED) is 0.393. The van der Waals surface area contributed by atoms with Crippen molar-refractivity contribution in [2.75, 3.05) is 26.4 Å². The smallest absolute Gasteiger partial charge is 0.332 e. The molecule has 0 heterocycles. The maximum absolute atomic E-state index is 11.8. The van der Waals surface area contributed by atoms with Crippen molar-refractivity contribution in [3.8, 4) is 5.75 Å². The molecule has 5 nitrogen and oxygen atoms in total. The Balaban J connectivity index is 2.39. The lowest BCUT2D eigenvalue weighted by atomic mass is 10.1. The summed E-state index contributed by atoms with van der Waals surface area (Å²) in [4.78, 5) is 22.8. The Kier molecular flexibility index (Phi) is 7.06. The van der Waals surface area contributed by atoms with E-state index in [1.165, 1.54) is 0 Å². The third-order valence-corrected chi connectivity index (χ3v) is 2.30. The molecule has 0 fully saturated rings. The van der Waals surface area contributed by atoms with Crippen molar-refractivity contribution >= 4 is 11.8 Å². The zero-order valence-electron chi connectivity index (χ0n) is 11.5. The molecule has 1 rings (SSSR count). The molecule has 5 heteroatoms. The van der Waals surface area contributed by atoms with Crippen molar-refractivity contribution in [2.45, 2.75) is 6.92 Å². The van der Waals surface area contributed by atoms with Crippen LogP contribution in [0.25, 0.3) is 0 Å². The van der Waals surface area contributed by atoms with E-state index in [1.54, 1.807) is 37.3 Å². The van der Waals surface area contributed by atoms with Crippen LogP contribution in [0.1, 0.15) is 17.3 Å². The maximum Gasteiger partial charge on any atom is 0.332 e. The molecular weight excluding hydrogens is 260 g/mol. The third kappa shape index (κ3) is 5.67. The van der Waals surface area contributed by atoms with E-state index in [4.69, 9.17) is 9.47 Å². The van der Waals surface area contributed by atoms with Crippen LogP contribution in [0.15, 0.2) is 36.9 Å². The Morgan fingerprint density at radius 3 is 2.50 bits per heavy atom. The Morgan fingerprint density at radius 1 is 1.20 bits per heavy atom. The van der Waals surface area contributed by atoms with Gasteiger partial charge in [0.2, 0.25) is 0 Å². The molecule has 0 atom stereocenters. The van der Waals surface area contributed by atoms with Crippen molar-refractivity contribution in [3.05, 3.63) is 42.5 Å². The monoisotopic (exact) mass is 278 g/mol. The van der Waals surface area contributed by atoms with Gasteiger partial charge in [0.15, 0.2) is 5.78 Å². The number of esters is 1. The molecule has 0 spiro atoms. The summed E-state index contributed by atoms with van der Waals surface area (Å²) in [6.07, 6.45) is 1.64. The number of carbonyl (C=O) groups is 2. The van der Waals surface area contributed by atoms with Gasteiger partial charge in [-0.2, -0.15) is 0 Å². The summed E-state index contributed by atoms with van der Waals surface area (Å²) >= 11 is 0. The Hall–Kier alpha value is -2.14. The molecule has 0 N–H and O–H groups in total. The van der Waals surface area contributed by atoms with Crippen molar-refractivity contribution in [2.24, 2.45) is 0 Å². The summed E-state index contributed by atoms with van der Waals surface area (Å²) < 4.78 is 15.0. The molecule has 20 heavy (non-hydrogen) atoms. The fourth-order valence-electron chi connectivity index (χ4n) is 1.41. The highest BCUT2D eigenvalue weighted by atomic mass is 16.6. The first-order valence-electron chi connectivity index (χ1n) is 6.27. The minimum absolute atomic E-state index is 0.161. The highest BCUT2D eigenvalue weighted by Crippen LogP contribution is 2.12. The first kappa shape index (κ1) is 15.9. The number of ether oxygens (including phenoxy) is 3. The molecule has 0 aliphatic rings. The molecule has 108 valence electrons. The molecule has 0 aliphatic carbocycles. The molecule has 0 amide bonds. The van der Waals surface area contributed by atoms with Crippen LogP contribution < -0.4 is 4.74 Å². The van der Waals surface area contributed by atoms with E-state index >= 15 is 0 Å². The molecule has 1 aromatic carbocycles. The fraction of sp³-hybridized carbons (Fsp3) is 0.333. The molecule has 1 aromatic rings. The SMILES string of the molecule is C=CCOc1ccc(C(=O)COCC(=O)OCC)cc1. The zero-order chi connectivity index (χ0) is 14.8. The van der Waals surface area contributed by atoms with E-state index in [1.807, 2.05) is 0 Å². The van der Waals surface area contributed by atoms with Crippen LogP contribution in [0.3, 0.4) is 0 Å². The van der Waals surface area contributed by atoms with Gasteiger partial charge in [0.05, 0.1) is 6.61 Å². The first-order valence-corrected chi connectivity index (χ1v) is 6.27. The lowest BCUT2D eigenvalue weighted by molar-refractivity contribution is -0.147. The van der Waals surface area contributed by atoms with Gasteiger partial charge in [-0.3, -0.25) is 4.79 Å². The summed E-state index contributed by atoms with van der Waals surface area (Å²) in [5.41, 5.74) is 0.500. The minimum Gasteiger partial charge on any atom is -0.490 e. The van der Waals surface area contributed by atoms with E-state index in [0.29, 0.717) is 24.5 Å². The molecule has 0 saturated carbocycles. The Labute approximate surface area is 118 Å². The van der Waals surface area contributed by atoms with Crippen LogP contribution in [-0.2, 0) is 14.3 Å². The highest BCUT2D eigenvalue weighted by Gasteiger charge is 2.08. The van der Waals surface area contributed by atoms with Crippen molar-refractivity contribution in [3.63, 3.8) is 0 Å². The second kappa shape index (κ2) is 8.87. The molecule has 0 unspecified atom stereocenters. The number of ketones is 1. The van der Waals surface area contributed by atoms with Gasteiger partial charge in [-0.15, -0.1) is 0 Å². The topological polar surface area (TPSA) is 61.8 Å². The fourth-order valence-corrected chi connectivity index (χ4v) is 1.41. The predicted molar refractivity (Wildman–Crippen MR) is 73.9 cm³/mol. The minimum atomic E-state index is -0.478. The molecule has 0 radical (unpaired) electrons. The highest BCUT2D eigenvalue weighted by molar-refractivity contribution is 5.97. The number of carbonyl (C=O) groups excluding carboxylic acids is 2. The van der Waals surface area contributed by atoms with Gasteiger partial charge in [-0.25, -0.2) is 4.79 Å². The van der Waals surface area contributed by atoms with Gasteiger partial charge >= 0.3 is 5.97 Å². The lowest BCUT2D eigenvalue weighted by Crippen LogP contribution is -2.17. The second-order valence-electron chi connectivity index (χ2n) is 3.85. The molecule has 0 aromatic heterocycles. The standard InChI is InChI=1S/C15H18O5/c1-3-9-20-13-7-5-12(6-8-13)14(16)10-18-11-15(17)19-4-2/h3,5-8H,1,4,9-11H2,2H3. The molecule has 0 bridgehead atoms. The Morgan fingerprint density at radius 2 is 1.90 bits per heavy atom. The zero-order valence-corrected chi connectivity index (χ0v) is 11.5. The normalized spacial score (nSPS) is 9.85. The molecule has 0 aliphatic heterocycles.